The SMILES string of the molecule is C=CC(F)OC(=O)C(CC(=O)O)C(F)C=C. The Morgan fingerprint density at radius 3 is 2.25 bits per heavy atom. The Kier molecular flexibility index (Phi) is 5.99. The van der Waals surface area contributed by atoms with Crippen molar-refractivity contribution in [3.8, 4) is 0 Å². The number of rotatable bonds is 7. The van der Waals surface area contributed by atoms with Gasteiger partial charge in [0.1, 0.15) is 12.1 Å². The monoisotopic (exact) mass is 234 g/mol. The summed E-state index contributed by atoms with van der Waals surface area (Å²) in [4.78, 5) is 21.6. The second kappa shape index (κ2) is 6.71. The van der Waals surface area contributed by atoms with Crippen LogP contribution in [-0.4, -0.2) is 29.6 Å². The number of aliphatic carboxylic acids is 1. The van der Waals surface area contributed by atoms with E-state index in [0.29, 0.717) is 6.08 Å². The minimum Gasteiger partial charge on any atom is -0.481 e. The van der Waals surface area contributed by atoms with Gasteiger partial charge in [-0.3, -0.25) is 9.59 Å². The number of hydrogen-bond acceptors (Lipinski definition) is 3. The maximum absolute atomic E-state index is 13.1. The average molecular weight is 234 g/mol. The van der Waals surface area contributed by atoms with Gasteiger partial charge >= 0.3 is 11.9 Å². The molecule has 0 aliphatic carbocycles. The number of halogens is 2. The smallest absolute Gasteiger partial charge is 0.315 e. The predicted octanol–water partition coefficient (Wildman–Crippen LogP) is 1.63. The third-order valence-electron chi connectivity index (χ3n) is 1.72. The highest BCUT2D eigenvalue weighted by atomic mass is 19.1. The molecule has 0 rings (SSSR count). The lowest BCUT2D eigenvalue weighted by molar-refractivity contribution is -0.163. The van der Waals surface area contributed by atoms with Crippen LogP contribution in [0.15, 0.2) is 25.3 Å². The van der Waals surface area contributed by atoms with E-state index < -0.39 is 36.8 Å². The van der Waals surface area contributed by atoms with Gasteiger partial charge in [-0.1, -0.05) is 12.7 Å². The van der Waals surface area contributed by atoms with Gasteiger partial charge in [0, 0.05) is 0 Å². The van der Waals surface area contributed by atoms with Crippen LogP contribution in [0.3, 0.4) is 0 Å². The molecule has 0 saturated carbocycles. The first-order valence-corrected chi connectivity index (χ1v) is 4.38. The number of esters is 1. The Morgan fingerprint density at radius 1 is 1.31 bits per heavy atom. The van der Waals surface area contributed by atoms with Crippen LogP contribution < -0.4 is 0 Å². The van der Waals surface area contributed by atoms with Crippen LogP contribution in [0.1, 0.15) is 6.42 Å². The Balaban J connectivity index is 4.61. The molecule has 3 unspecified atom stereocenters. The van der Waals surface area contributed by atoms with Crippen LogP contribution in [0, 0.1) is 5.92 Å². The van der Waals surface area contributed by atoms with Crippen molar-refractivity contribution >= 4 is 11.9 Å². The van der Waals surface area contributed by atoms with E-state index in [1.165, 1.54) is 0 Å². The van der Waals surface area contributed by atoms with Gasteiger partial charge in [0.2, 0.25) is 0 Å². The van der Waals surface area contributed by atoms with Crippen LogP contribution in [0.2, 0.25) is 0 Å². The maximum atomic E-state index is 13.1. The first-order chi connectivity index (χ1) is 7.42. The Bertz CT molecular complexity index is 291. The highest BCUT2D eigenvalue weighted by Crippen LogP contribution is 2.17. The summed E-state index contributed by atoms with van der Waals surface area (Å²) in [6, 6.07) is 0. The van der Waals surface area contributed by atoms with Gasteiger partial charge in [0.15, 0.2) is 0 Å². The average Bonchev–Trinajstić information content (AvgIpc) is 2.24. The lowest BCUT2D eigenvalue weighted by Gasteiger charge is -2.16. The fraction of sp³-hybridized carbons (Fsp3) is 0.400. The molecule has 3 atom stereocenters. The minimum atomic E-state index is -2.08. The fourth-order valence-electron chi connectivity index (χ4n) is 0.925. The van der Waals surface area contributed by atoms with E-state index in [0.717, 1.165) is 6.08 Å². The molecule has 0 saturated heterocycles. The van der Waals surface area contributed by atoms with Gasteiger partial charge in [0.05, 0.1) is 6.42 Å². The second-order valence-electron chi connectivity index (χ2n) is 2.91. The van der Waals surface area contributed by atoms with Gasteiger partial charge in [-0.2, -0.15) is 4.39 Å². The zero-order valence-corrected chi connectivity index (χ0v) is 8.44. The molecular formula is C10H12F2O4. The molecule has 0 aromatic heterocycles. The molecule has 6 heteroatoms. The molecule has 0 spiro atoms. The third-order valence-corrected chi connectivity index (χ3v) is 1.72. The molecule has 0 heterocycles. The van der Waals surface area contributed by atoms with Crippen molar-refractivity contribution in [2.24, 2.45) is 5.92 Å². The van der Waals surface area contributed by atoms with E-state index in [4.69, 9.17) is 5.11 Å². The molecule has 0 bridgehead atoms. The molecule has 0 radical (unpaired) electrons. The molecule has 0 aliphatic heterocycles. The van der Waals surface area contributed by atoms with Gasteiger partial charge in [0.25, 0.3) is 6.36 Å². The normalized spacial score (nSPS) is 15.6. The predicted molar refractivity (Wildman–Crippen MR) is 52.0 cm³/mol. The summed E-state index contributed by atoms with van der Waals surface area (Å²) in [6.45, 7) is 6.10. The minimum absolute atomic E-state index is 0.691. The lowest BCUT2D eigenvalue weighted by Crippen LogP contribution is -2.30. The highest BCUT2D eigenvalue weighted by Gasteiger charge is 2.31. The number of carboxylic acids is 1. The summed E-state index contributed by atoms with van der Waals surface area (Å²) in [6.07, 6.45) is -3.33. The first-order valence-electron chi connectivity index (χ1n) is 4.38. The molecule has 16 heavy (non-hydrogen) atoms. The molecular weight excluding hydrogens is 222 g/mol. The Morgan fingerprint density at radius 2 is 1.88 bits per heavy atom. The van der Waals surface area contributed by atoms with Crippen molar-refractivity contribution < 1.29 is 28.2 Å². The van der Waals surface area contributed by atoms with Gasteiger partial charge in [-0.25, -0.2) is 4.39 Å². The third kappa shape index (κ3) is 4.68. The van der Waals surface area contributed by atoms with Crippen molar-refractivity contribution in [1.82, 2.24) is 0 Å². The first kappa shape index (κ1) is 14.3. The molecule has 4 nitrogen and oxygen atoms in total. The van der Waals surface area contributed by atoms with Crippen molar-refractivity contribution in [2.45, 2.75) is 19.0 Å². The standard InChI is InChI=1S/C10H12F2O4/c1-3-7(11)6(5-9(13)14)10(15)16-8(12)4-2/h3-4,6-8H,1-2,5H2,(H,13,14). The molecule has 0 aromatic carbocycles. The molecule has 0 fully saturated rings. The second-order valence-corrected chi connectivity index (χ2v) is 2.91. The zero-order chi connectivity index (χ0) is 12.7. The Labute approximate surface area is 91.2 Å². The topological polar surface area (TPSA) is 63.6 Å². The molecule has 0 aliphatic rings. The quantitative estimate of drug-likeness (QED) is 0.537. The fourth-order valence-corrected chi connectivity index (χ4v) is 0.925. The largest absolute Gasteiger partial charge is 0.481 e. The maximum Gasteiger partial charge on any atom is 0.315 e. The van der Waals surface area contributed by atoms with E-state index in [2.05, 4.69) is 17.9 Å². The van der Waals surface area contributed by atoms with Crippen molar-refractivity contribution in [1.29, 1.82) is 0 Å². The summed E-state index contributed by atoms with van der Waals surface area (Å²) in [5.74, 6) is -4.27. The molecule has 90 valence electrons. The van der Waals surface area contributed by atoms with Crippen LogP contribution in [0.4, 0.5) is 8.78 Å². The number of carbonyl (C=O) groups excluding carboxylic acids is 1. The Hall–Kier alpha value is -1.72. The molecule has 0 amide bonds. The number of ether oxygens (including phenoxy) is 1. The number of allylic oxidation sites excluding steroid dienone is 1. The van der Waals surface area contributed by atoms with E-state index in [9.17, 15) is 18.4 Å². The van der Waals surface area contributed by atoms with Crippen molar-refractivity contribution in [3.05, 3.63) is 25.3 Å². The summed E-state index contributed by atoms with van der Waals surface area (Å²) < 4.78 is 29.8. The van der Waals surface area contributed by atoms with Crippen molar-refractivity contribution in [2.75, 3.05) is 0 Å². The van der Waals surface area contributed by atoms with E-state index in [-0.39, 0.29) is 0 Å². The van der Waals surface area contributed by atoms with E-state index in [1.807, 2.05) is 0 Å². The van der Waals surface area contributed by atoms with Gasteiger partial charge < -0.3 is 9.84 Å². The number of carbonyl (C=O) groups is 2. The highest BCUT2D eigenvalue weighted by molar-refractivity contribution is 5.80. The summed E-state index contributed by atoms with van der Waals surface area (Å²) in [5, 5.41) is 8.45. The zero-order valence-electron chi connectivity index (χ0n) is 8.44. The van der Waals surface area contributed by atoms with Gasteiger partial charge in [-0.05, 0) is 6.08 Å². The van der Waals surface area contributed by atoms with Gasteiger partial charge in [-0.15, -0.1) is 6.58 Å². The van der Waals surface area contributed by atoms with Crippen LogP contribution in [-0.2, 0) is 14.3 Å². The van der Waals surface area contributed by atoms with E-state index >= 15 is 0 Å². The molecule has 0 aromatic rings. The van der Waals surface area contributed by atoms with Crippen LogP contribution >= 0.6 is 0 Å². The number of hydrogen-bond donors (Lipinski definition) is 1. The summed E-state index contributed by atoms with van der Waals surface area (Å²) >= 11 is 0. The van der Waals surface area contributed by atoms with Crippen molar-refractivity contribution in [3.63, 3.8) is 0 Å². The number of alkyl halides is 2. The lowest BCUT2D eigenvalue weighted by atomic mass is 10.00. The van der Waals surface area contributed by atoms with Crippen LogP contribution in [0.5, 0.6) is 0 Å². The summed E-state index contributed by atoms with van der Waals surface area (Å²) in [7, 11) is 0. The van der Waals surface area contributed by atoms with E-state index in [1.54, 1.807) is 0 Å². The summed E-state index contributed by atoms with van der Waals surface area (Å²) in [5.41, 5.74) is 0. The van der Waals surface area contributed by atoms with Crippen LogP contribution in [0.25, 0.3) is 0 Å². The molecule has 1 N–H and O–H groups in total. The number of carboxylic acid groups (broad SMARTS) is 1.